The maximum Gasteiger partial charge on any atom is 0.121 e. The van der Waals surface area contributed by atoms with Crippen LogP contribution in [-0.2, 0) is 5.54 Å². The first kappa shape index (κ1) is 16.7. The molecule has 3 aromatic rings. The van der Waals surface area contributed by atoms with Crippen molar-refractivity contribution in [2.24, 2.45) is 0 Å². The Bertz CT molecular complexity index is 840. The standard InChI is InChI=1S/C23H23NO2/c25-21-14-6-4-12-19(21)23(24-16-8-9-17-24,18-10-2-1-3-11-18)20-13-5-7-15-22(20)26/h1-7,10-15,25-26H,8-9,16-17H2. The predicted molar refractivity (Wildman–Crippen MR) is 103 cm³/mol. The first-order valence-electron chi connectivity index (χ1n) is 9.12. The van der Waals surface area contributed by atoms with Crippen molar-refractivity contribution in [2.45, 2.75) is 18.4 Å². The quantitative estimate of drug-likeness (QED) is 0.685. The molecule has 0 bridgehead atoms. The van der Waals surface area contributed by atoms with Crippen molar-refractivity contribution in [1.82, 2.24) is 4.90 Å². The van der Waals surface area contributed by atoms with E-state index in [-0.39, 0.29) is 11.5 Å². The fourth-order valence-electron chi connectivity index (χ4n) is 4.27. The van der Waals surface area contributed by atoms with Crippen molar-refractivity contribution in [1.29, 1.82) is 0 Å². The SMILES string of the molecule is Oc1ccccc1C(c1ccccc1)(c1ccccc1O)N1CCCC1. The van der Waals surface area contributed by atoms with Gasteiger partial charge in [0.2, 0.25) is 0 Å². The largest absolute Gasteiger partial charge is 0.508 e. The molecule has 1 saturated heterocycles. The third-order valence-corrected chi connectivity index (χ3v) is 5.36. The second kappa shape index (κ2) is 6.85. The molecule has 3 nitrogen and oxygen atoms in total. The van der Waals surface area contributed by atoms with E-state index in [0.717, 1.165) is 42.6 Å². The van der Waals surface area contributed by atoms with Gasteiger partial charge in [0.15, 0.2) is 0 Å². The monoisotopic (exact) mass is 345 g/mol. The lowest BCUT2D eigenvalue weighted by Gasteiger charge is -2.44. The summed E-state index contributed by atoms with van der Waals surface area (Å²) in [6, 6.07) is 25.1. The van der Waals surface area contributed by atoms with Gasteiger partial charge in [-0.25, -0.2) is 0 Å². The van der Waals surface area contributed by atoms with Gasteiger partial charge in [-0.15, -0.1) is 0 Å². The van der Waals surface area contributed by atoms with E-state index in [2.05, 4.69) is 17.0 Å². The summed E-state index contributed by atoms with van der Waals surface area (Å²) in [6.45, 7) is 1.83. The molecule has 1 fully saturated rings. The molecule has 132 valence electrons. The van der Waals surface area contributed by atoms with E-state index in [0.29, 0.717) is 0 Å². The fourth-order valence-corrected chi connectivity index (χ4v) is 4.27. The van der Waals surface area contributed by atoms with E-state index >= 15 is 0 Å². The highest BCUT2D eigenvalue weighted by Gasteiger charge is 2.46. The molecule has 4 rings (SSSR count). The van der Waals surface area contributed by atoms with Crippen LogP contribution >= 0.6 is 0 Å². The number of para-hydroxylation sites is 2. The average molecular weight is 345 g/mol. The van der Waals surface area contributed by atoms with Gasteiger partial charge in [-0.1, -0.05) is 66.7 Å². The number of likely N-dealkylation sites (tertiary alicyclic amines) is 1. The number of nitrogens with zero attached hydrogens (tertiary/aromatic N) is 1. The normalized spacial score (nSPS) is 15.2. The van der Waals surface area contributed by atoms with E-state index in [4.69, 9.17) is 0 Å². The van der Waals surface area contributed by atoms with Crippen LogP contribution in [0.25, 0.3) is 0 Å². The Morgan fingerprint density at radius 2 is 1.08 bits per heavy atom. The van der Waals surface area contributed by atoms with Crippen LogP contribution in [0.5, 0.6) is 11.5 Å². The smallest absolute Gasteiger partial charge is 0.121 e. The minimum Gasteiger partial charge on any atom is -0.508 e. The summed E-state index contributed by atoms with van der Waals surface area (Å²) in [5.74, 6) is 0.484. The molecule has 0 saturated carbocycles. The Morgan fingerprint density at radius 1 is 0.615 bits per heavy atom. The molecule has 0 aliphatic carbocycles. The first-order valence-corrected chi connectivity index (χ1v) is 9.12. The lowest BCUT2D eigenvalue weighted by atomic mass is 9.75. The van der Waals surface area contributed by atoms with Crippen LogP contribution in [0.1, 0.15) is 29.5 Å². The Labute approximate surface area is 154 Å². The zero-order valence-electron chi connectivity index (χ0n) is 14.7. The molecular formula is C23H23NO2. The zero-order valence-corrected chi connectivity index (χ0v) is 14.7. The second-order valence-corrected chi connectivity index (χ2v) is 6.80. The Balaban J connectivity index is 2.11. The molecule has 0 atom stereocenters. The summed E-state index contributed by atoms with van der Waals surface area (Å²) in [5, 5.41) is 21.6. The molecule has 2 N–H and O–H groups in total. The molecule has 0 unspecified atom stereocenters. The van der Waals surface area contributed by atoms with E-state index in [1.54, 1.807) is 12.1 Å². The molecule has 0 spiro atoms. The molecule has 0 amide bonds. The summed E-state index contributed by atoms with van der Waals surface area (Å²) in [4.78, 5) is 2.38. The molecular weight excluding hydrogens is 322 g/mol. The summed E-state index contributed by atoms with van der Waals surface area (Å²) in [5.41, 5.74) is 1.92. The number of phenolic OH excluding ortho intramolecular Hbond substituents is 2. The van der Waals surface area contributed by atoms with Gasteiger partial charge >= 0.3 is 0 Å². The molecule has 1 aliphatic rings. The van der Waals surface area contributed by atoms with Crippen molar-refractivity contribution < 1.29 is 10.2 Å². The number of aromatic hydroxyl groups is 2. The van der Waals surface area contributed by atoms with Gasteiger partial charge in [0, 0.05) is 11.1 Å². The minimum atomic E-state index is -0.728. The third-order valence-electron chi connectivity index (χ3n) is 5.36. The van der Waals surface area contributed by atoms with Crippen LogP contribution in [0.4, 0.5) is 0 Å². The number of hydrogen-bond donors (Lipinski definition) is 2. The summed E-state index contributed by atoms with van der Waals surface area (Å²) >= 11 is 0. The predicted octanol–water partition coefficient (Wildman–Crippen LogP) is 4.49. The van der Waals surface area contributed by atoms with Crippen LogP contribution in [0.3, 0.4) is 0 Å². The van der Waals surface area contributed by atoms with Gasteiger partial charge in [0.25, 0.3) is 0 Å². The summed E-state index contributed by atoms with van der Waals surface area (Å²) in [7, 11) is 0. The third kappa shape index (κ3) is 2.56. The first-order chi connectivity index (χ1) is 12.7. The fraction of sp³-hybridized carbons (Fsp3) is 0.217. The van der Waals surface area contributed by atoms with Crippen LogP contribution in [0, 0.1) is 0 Å². The topological polar surface area (TPSA) is 43.7 Å². The van der Waals surface area contributed by atoms with Crippen molar-refractivity contribution in [3.63, 3.8) is 0 Å². The molecule has 3 aromatic carbocycles. The lowest BCUT2D eigenvalue weighted by Crippen LogP contribution is -2.46. The number of rotatable bonds is 4. The molecule has 3 heteroatoms. The number of benzene rings is 3. The Morgan fingerprint density at radius 3 is 1.58 bits per heavy atom. The number of phenols is 2. The van der Waals surface area contributed by atoms with Gasteiger partial charge in [-0.05, 0) is 43.6 Å². The van der Waals surface area contributed by atoms with Crippen LogP contribution in [0.15, 0.2) is 78.9 Å². The molecule has 26 heavy (non-hydrogen) atoms. The lowest BCUT2D eigenvalue weighted by molar-refractivity contribution is 0.190. The average Bonchev–Trinajstić information content (AvgIpc) is 3.21. The zero-order chi connectivity index (χ0) is 18.0. The van der Waals surface area contributed by atoms with E-state index in [1.165, 1.54) is 0 Å². The Hall–Kier alpha value is -2.78. The molecule has 1 aliphatic heterocycles. The van der Waals surface area contributed by atoms with Crippen molar-refractivity contribution >= 4 is 0 Å². The number of hydrogen-bond acceptors (Lipinski definition) is 3. The minimum absolute atomic E-state index is 0.242. The van der Waals surface area contributed by atoms with Crippen molar-refractivity contribution in [2.75, 3.05) is 13.1 Å². The molecule has 1 heterocycles. The Kier molecular flexibility index (Phi) is 4.39. The highest BCUT2D eigenvalue weighted by Crippen LogP contribution is 2.49. The van der Waals surface area contributed by atoms with Gasteiger partial charge in [0.05, 0.1) is 0 Å². The van der Waals surface area contributed by atoms with Gasteiger partial charge in [0.1, 0.15) is 17.0 Å². The van der Waals surface area contributed by atoms with Crippen LogP contribution in [-0.4, -0.2) is 28.2 Å². The van der Waals surface area contributed by atoms with E-state index in [9.17, 15) is 10.2 Å². The van der Waals surface area contributed by atoms with Crippen molar-refractivity contribution in [3.05, 3.63) is 95.6 Å². The summed E-state index contributed by atoms with van der Waals surface area (Å²) in [6.07, 6.45) is 2.21. The van der Waals surface area contributed by atoms with Gasteiger partial charge in [-0.3, -0.25) is 4.90 Å². The van der Waals surface area contributed by atoms with Crippen LogP contribution < -0.4 is 0 Å². The highest BCUT2D eigenvalue weighted by molar-refractivity contribution is 5.57. The van der Waals surface area contributed by atoms with Gasteiger partial charge in [-0.2, -0.15) is 0 Å². The summed E-state index contributed by atoms with van der Waals surface area (Å²) < 4.78 is 0. The van der Waals surface area contributed by atoms with Gasteiger partial charge < -0.3 is 10.2 Å². The van der Waals surface area contributed by atoms with E-state index in [1.807, 2.05) is 54.6 Å². The van der Waals surface area contributed by atoms with Crippen LogP contribution in [0.2, 0.25) is 0 Å². The van der Waals surface area contributed by atoms with Crippen molar-refractivity contribution in [3.8, 4) is 11.5 Å². The van der Waals surface area contributed by atoms with E-state index < -0.39 is 5.54 Å². The molecule has 0 aromatic heterocycles. The maximum absolute atomic E-state index is 10.8. The highest BCUT2D eigenvalue weighted by atomic mass is 16.3. The maximum atomic E-state index is 10.8. The molecule has 0 radical (unpaired) electrons. The second-order valence-electron chi connectivity index (χ2n) is 6.80.